The fourth-order valence-electron chi connectivity index (χ4n) is 2.46. The number of phenols is 1. The minimum absolute atomic E-state index is 0. The third kappa shape index (κ3) is 7.26. The van der Waals surface area contributed by atoms with Crippen molar-refractivity contribution in [1.82, 2.24) is 0 Å². The molecule has 0 heterocycles. The average molecular weight is 396 g/mol. The number of aromatic hydroxyl groups is 1. The maximum atomic E-state index is 12.3. The number of carboxylic acids is 1. The largest absolute Gasteiger partial charge is 1.00 e. The molecule has 0 bridgehead atoms. The summed E-state index contributed by atoms with van der Waals surface area (Å²) in [4.78, 5) is 23.2. The zero-order chi connectivity index (χ0) is 19.8. The maximum Gasteiger partial charge on any atom is 1.00 e. The van der Waals surface area contributed by atoms with Crippen LogP contribution in [0, 0.1) is 0 Å². The number of ether oxygens (including phenoxy) is 3. The van der Waals surface area contributed by atoms with E-state index in [-0.39, 0.29) is 41.7 Å². The molecule has 28 heavy (non-hydrogen) atoms. The number of methoxy groups -OCH3 is 2. The predicted octanol–water partition coefficient (Wildman–Crippen LogP) is -2.13. The van der Waals surface area contributed by atoms with Crippen LogP contribution in [0.5, 0.6) is 11.5 Å². The first-order chi connectivity index (χ1) is 12.9. The second-order valence-electron chi connectivity index (χ2n) is 5.91. The maximum absolute atomic E-state index is 12.3. The van der Waals surface area contributed by atoms with Crippen molar-refractivity contribution in [2.45, 2.75) is 25.0 Å². The van der Waals surface area contributed by atoms with Gasteiger partial charge in [-0.1, -0.05) is 24.3 Å². The molecule has 0 aliphatic carbocycles. The first-order valence-electron chi connectivity index (χ1n) is 8.28. The molecule has 0 saturated carbocycles. The minimum atomic E-state index is -1.29. The number of phenolic OH excluding ortho intramolecular Hbond substituents is 1. The van der Waals surface area contributed by atoms with E-state index in [1.54, 1.807) is 36.4 Å². The van der Waals surface area contributed by atoms with Gasteiger partial charge in [-0.2, -0.15) is 0 Å². The molecule has 144 valence electrons. The van der Waals surface area contributed by atoms with Crippen LogP contribution in [0.15, 0.2) is 48.5 Å². The van der Waals surface area contributed by atoms with Gasteiger partial charge in [0, 0.05) is 27.1 Å². The number of hydrogen-bond donors (Lipinski definition) is 1. The van der Waals surface area contributed by atoms with Gasteiger partial charge in [0.15, 0.2) is 6.10 Å². The van der Waals surface area contributed by atoms with Crippen LogP contribution >= 0.6 is 0 Å². The molecule has 0 aliphatic rings. The number of carboxylic acid groups (broad SMARTS) is 1. The van der Waals surface area contributed by atoms with Gasteiger partial charge in [-0.15, -0.1) is 0 Å². The number of rotatable bonds is 9. The molecule has 2 aromatic carbocycles. The second kappa shape index (κ2) is 11.8. The van der Waals surface area contributed by atoms with Crippen LogP contribution in [0.2, 0.25) is 0 Å². The molecule has 0 radical (unpaired) electrons. The van der Waals surface area contributed by atoms with E-state index in [0.29, 0.717) is 17.7 Å². The Balaban J connectivity index is 0.00000392. The van der Waals surface area contributed by atoms with Gasteiger partial charge in [0.05, 0.1) is 5.97 Å². The Morgan fingerprint density at radius 2 is 1.36 bits per heavy atom. The Bertz CT molecular complexity index is 759. The molecule has 2 aromatic rings. The Morgan fingerprint density at radius 1 is 0.893 bits per heavy atom. The molecule has 2 rings (SSSR count). The van der Waals surface area contributed by atoms with Gasteiger partial charge in [0.1, 0.15) is 17.6 Å². The van der Waals surface area contributed by atoms with E-state index < -0.39 is 24.1 Å². The van der Waals surface area contributed by atoms with Crippen molar-refractivity contribution in [3.05, 3.63) is 59.7 Å². The monoisotopic (exact) mass is 396 g/mol. The van der Waals surface area contributed by atoms with E-state index in [0.717, 1.165) is 5.56 Å². The van der Waals surface area contributed by atoms with Gasteiger partial charge >= 0.3 is 35.5 Å². The van der Waals surface area contributed by atoms with Crippen molar-refractivity contribution in [2.24, 2.45) is 0 Å². The molecule has 0 saturated heterocycles. The summed E-state index contributed by atoms with van der Waals surface area (Å²) in [5, 5.41) is 20.2. The molecule has 0 amide bonds. The fourth-order valence-corrected chi connectivity index (χ4v) is 2.46. The zero-order valence-electron chi connectivity index (χ0n) is 16.1. The van der Waals surface area contributed by atoms with Gasteiger partial charge in [0.25, 0.3) is 0 Å². The van der Waals surface area contributed by atoms with E-state index >= 15 is 0 Å². The Hall–Kier alpha value is -1.90. The molecule has 8 heteroatoms. The standard InChI is InChI=1S/C20H22O7.Na/c1-25-17(19(22)23)11-14-5-9-16(10-6-14)27-20(24)18(26-2)12-13-3-7-15(21)8-4-13;/h3-10,17-18,21H,11-12H2,1-2H3,(H,22,23);/q;+1/p-1. The molecule has 2 atom stereocenters. The van der Waals surface area contributed by atoms with Crippen LogP contribution in [-0.2, 0) is 31.9 Å². The Labute approximate surface area is 185 Å². The van der Waals surface area contributed by atoms with E-state index in [9.17, 15) is 19.8 Å². The summed E-state index contributed by atoms with van der Waals surface area (Å²) in [6, 6.07) is 12.9. The van der Waals surface area contributed by atoms with Crippen LogP contribution in [0.25, 0.3) is 0 Å². The van der Waals surface area contributed by atoms with E-state index in [2.05, 4.69) is 0 Å². The van der Waals surface area contributed by atoms with Crippen LogP contribution in [0.4, 0.5) is 0 Å². The number of esters is 1. The second-order valence-corrected chi connectivity index (χ2v) is 5.91. The van der Waals surface area contributed by atoms with Crippen LogP contribution in [0.1, 0.15) is 11.1 Å². The SMILES string of the molecule is COC(Cc1ccc(OC(=O)C(Cc2ccc(O)cc2)OC)cc1)C(=O)[O-].[Na+]. The van der Waals surface area contributed by atoms with Crippen molar-refractivity contribution in [3.8, 4) is 11.5 Å². The van der Waals surface area contributed by atoms with Gasteiger partial charge < -0.3 is 29.2 Å². The van der Waals surface area contributed by atoms with Gasteiger partial charge in [-0.3, -0.25) is 0 Å². The molecular formula is C20H21NaO7. The number of hydrogen-bond acceptors (Lipinski definition) is 7. The van der Waals surface area contributed by atoms with Crippen molar-refractivity contribution < 1.29 is 63.6 Å². The van der Waals surface area contributed by atoms with E-state index in [1.165, 1.54) is 26.4 Å². The number of benzene rings is 2. The summed E-state index contributed by atoms with van der Waals surface area (Å²) in [7, 11) is 2.72. The topological polar surface area (TPSA) is 105 Å². The predicted molar refractivity (Wildman–Crippen MR) is 94.2 cm³/mol. The molecule has 1 N–H and O–H groups in total. The summed E-state index contributed by atoms with van der Waals surface area (Å²) in [6.07, 6.45) is -1.39. The van der Waals surface area contributed by atoms with E-state index in [1.807, 2.05) is 0 Å². The number of carbonyl (C=O) groups excluding carboxylic acids is 2. The van der Waals surface area contributed by atoms with Crippen LogP contribution in [0.3, 0.4) is 0 Å². The fraction of sp³-hybridized carbons (Fsp3) is 0.300. The van der Waals surface area contributed by atoms with Crippen LogP contribution < -0.4 is 39.4 Å². The van der Waals surface area contributed by atoms with Gasteiger partial charge in [0.2, 0.25) is 0 Å². The summed E-state index contributed by atoms with van der Waals surface area (Å²) in [6.45, 7) is 0. The minimum Gasteiger partial charge on any atom is -0.547 e. The molecule has 7 nitrogen and oxygen atoms in total. The smallest absolute Gasteiger partial charge is 0.547 e. The summed E-state index contributed by atoms with van der Waals surface area (Å²) >= 11 is 0. The first-order valence-corrected chi connectivity index (χ1v) is 8.28. The summed E-state index contributed by atoms with van der Waals surface area (Å²) < 4.78 is 15.4. The molecular weight excluding hydrogens is 375 g/mol. The number of carbonyl (C=O) groups is 2. The third-order valence-corrected chi connectivity index (χ3v) is 4.02. The Morgan fingerprint density at radius 3 is 1.82 bits per heavy atom. The zero-order valence-corrected chi connectivity index (χ0v) is 18.1. The Kier molecular flexibility index (Phi) is 10.2. The summed E-state index contributed by atoms with van der Waals surface area (Å²) in [5.41, 5.74) is 1.53. The van der Waals surface area contributed by atoms with Gasteiger partial charge in [-0.05, 0) is 35.4 Å². The molecule has 0 aliphatic heterocycles. The molecule has 0 fully saturated rings. The van der Waals surface area contributed by atoms with Crippen LogP contribution in [-0.4, -0.2) is 43.5 Å². The van der Waals surface area contributed by atoms with Crippen molar-refractivity contribution in [2.75, 3.05) is 14.2 Å². The average Bonchev–Trinajstić information content (AvgIpc) is 2.66. The number of aliphatic carboxylic acids is 1. The van der Waals surface area contributed by atoms with Gasteiger partial charge in [-0.25, -0.2) is 4.79 Å². The van der Waals surface area contributed by atoms with Crippen molar-refractivity contribution >= 4 is 11.9 Å². The van der Waals surface area contributed by atoms with E-state index in [4.69, 9.17) is 14.2 Å². The first kappa shape index (κ1) is 24.1. The molecule has 0 aromatic heterocycles. The normalized spacial score (nSPS) is 12.5. The molecule has 0 spiro atoms. The van der Waals surface area contributed by atoms with Crippen molar-refractivity contribution in [1.29, 1.82) is 0 Å². The summed E-state index contributed by atoms with van der Waals surface area (Å²) in [5.74, 6) is -1.38. The van der Waals surface area contributed by atoms with Crippen molar-refractivity contribution in [3.63, 3.8) is 0 Å². The third-order valence-electron chi connectivity index (χ3n) is 4.02. The molecule has 2 unspecified atom stereocenters. The quantitative estimate of drug-likeness (QED) is 0.293.